The van der Waals surface area contributed by atoms with E-state index in [4.69, 9.17) is 9.52 Å². The van der Waals surface area contributed by atoms with Crippen molar-refractivity contribution >= 4 is 17.7 Å². The van der Waals surface area contributed by atoms with Crippen LogP contribution in [0.5, 0.6) is 0 Å². The smallest absolute Gasteiger partial charge is 0.316 e. The van der Waals surface area contributed by atoms with Crippen LogP contribution in [0.15, 0.2) is 21.6 Å². The Kier molecular flexibility index (Phi) is 2.81. The molecule has 0 saturated carbocycles. The highest BCUT2D eigenvalue weighted by Gasteiger charge is 2.13. The zero-order chi connectivity index (χ0) is 9.14. The van der Waals surface area contributed by atoms with Gasteiger partial charge in [-0.25, -0.2) is 0 Å². The molecule has 1 unspecified atom stereocenters. The first-order chi connectivity index (χ1) is 5.59. The maximum Gasteiger partial charge on any atom is 0.316 e. The molecule has 1 aromatic heterocycles. The van der Waals surface area contributed by atoms with Crippen molar-refractivity contribution in [2.24, 2.45) is 0 Å². The van der Waals surface area contributed by atoms with Crippen LogP contribution >= 0.6 is 11.8 Å². The van der Waals surface area contributed by atoms with Gasteiger partial charge in [0.1, 0.15) is 11.0 Å². The summed E-state index contributed by atoms with van der Waals surface area (Å²) < 4.78 is 5.20. The number of aliphatic carboxylic acids is 1. The van der Waals surface area contributed by atoms with Gasteiger partial charge in [0.25, 0.3) is 0 Å². The van der Waals surface area contributed by atoms with Gasteiger partial charge in [-0.2, -0.15) is 0 Å². The molecule has 0 fully saturated rings. The molecule has 0 spiro atoms. The van der Waals surface area contributed by atoms with E-state index in [-0.39, 0.29) is 0 Å². The number of aryl methyl sites for hydroxylation is 1. The zero-order valence-corrected chi connectivity index (χ0v) is 7.72. The van der Waals surface area contributed by atoms with Crippen molar-refractivity contribution in [1.29, 1.82) is 0 Å². The van der Waals surface area contributed by atoms with Gasteiger partial charge in [0.15, 0.2) is 5.09 Å². The van der Waals surface area contributed by atoms with Crippen LogP contribution in [0, 0.1) is 6.92 Å². The van der Waals surface area contributed by atoms with Crippen LogP contribution in [0.2, 0.25) is 0 Å². The second-order valence-corrected chi connectivity index (χ2v) is 3.81. The van der Waals surface area contributed by atoms with Gasteiger partial charge in [0.2, 0.25) is 0 Å². The number of carbonyl (C=O) groups is 1. The molecular formula is C8H10O3S. The Balaban J connectivity index is 2.58. The Morgan fingerprint density at radius 3 is 2.75 bits per heavy atom. The summed E-state index contributed by atoms with van der Waals surface area (Å²) in [5.74, 6) is -0.0239. The maximum atomic E-state index is 10.4. The van der Waals surface area contributed by atoms with Gasteiger partial charge in [-0.3, -0.25) is 4.79 Å². The summed E-state index contributed by atoms with van der Waals surface area (Å²) in [4.78, 5) is 10.4. The summed E-state index contributed by atoms with van der Waals surface area (Å²) in [6, 6.07) is 3.59. The zero-order valence-electron chi connectivity index (χ0n) is 6.90. The molecule has 66 valence electrons. The molecule has 4 heteroatoms. The van der Waals surface area contributed by atoms with Crippen molar-refractivity contribution < 1.29 is 14.3 Å². The molecule has 0 amide bonds. The minimum atomic E-state index is -0.825. The van der Waals surface area contributed by atoms with Crippen LogP contribution in [0.25, 0.3) is 0 Å². The largest absolute Gasteiger partial charge is 0.480 e. The summed E-state index contributed by atoms with van der Waals surface area (Å²) in [5, 5.41) is 8.78. The Morgan fingerprint density at radius 2 is 2.33 bits per heavy atom. The highest BCUT2D eigenvalue weighted by atomic mass is 32.2. The van der Waals surface area contributed by atoms with Crippen molar-refractivity contribution in [2.45, 2.75) is 24.2 Å². The van der Waals surface area contributed by atoms with E-state index in [0.717, 1.165) is 5.76 Å². The molecular weight excluding hydrogens is 176 g/mol. The normalized spacial score (nSPS) is 12.8. The summed E-state index contributed by atoms with van der Waals surface area (Å²) in [6.07, 6.45) is 0. The Bertz CT molecular complexity index is 280. The number of furan rings is 1. The first-order valence-electron chi connectivity index (χ1n) is 3.55. The van der Waals surface area contributed by atoms with E-state index in [9.17, 15) is 4.79 Å². The van der Waals surface area contributed by atoms with Crippen LogP contribution in [0.3, 0.4) is 0 Å². The first kappa shape index (κ1) is 9.19. The van der Waals surface area contributed by atoms with E-state index in [2.05, 4.69) is 0 Å². The molecule has 0 saturated heterocycles. The molecule has 0 aliphatic carbocycles. The summed E-state index contributed by atoms with van der Waals surface area (Å²) in [5.41, 5.74) is 0. The monoisotopic (exact) mass is 186 g/mol. The average Bonchev–Trinajstić information content (AvgIpc) is 2.35. The molecule has 0 aliphatic rings. The standard InChI is InChI=1S/C8H10O3S/c1-5-3-4-7(11-5)12-6(2)8(9)10/h3-4,6H,1-2H3,(H,9,10). The van der Waals surface area contributed by atoms with Crippen molar-refractivity contribution in [3.05, 3.63) is 17.9 Å². The minimum Gasteiger partial charge on any atom is -0.480 e. The third-order valence-electron chi connectivity index (χ3n) is 1.36. The van der Waals surface area contributed by atoms with Crippen molar-refractivity contribution in [3.8, 4) is 0 Å². The van der Waals surface area contributed by atoms with Crippen LogP contribution < -0.4 is 0 Å². The molecule has 1 aromatic rings. The van der Waals surface area contributed by atoms with Gasteiger partial charge in [-0.05, 0) is 26.0 Å². The number of hydrogen-bond acceptors (Lipinski definition) is 3. The average molecular weight is 186 g/mol. The lowest BCUT2D eigenvalue weighted by Crippen LogP contribution is -2.10. The molecule has 1 heterocycles. The molecule has 12 heavy (non-hydrogen) atoms. The van der Waals surface area contributed by atoms with E-state index in [1.807, 2.05) is 13.0 Å². The molecule has 3 nitrogen and oxygen atoms in total. The van der Waals surface area contributed by atoms with Gasteiger partial charge >= 0.3 is 5.97 Å². The Labute approximate surface area is 74.8 Å². The Hall–Kier alpha value is -0.900. The second kappa shape index (κ2) is 3.67. The number of carboxylic acids is 1. The van der Waals surface area contributed by atoms with Gasteiger partial charge in [0.05, 0.1) is 0 Å². The maximum absolute atomic E-state index is 10.4. The lowest BCUT2D eigenvalue weighted by atomic mass is 10.5. The highest BCUT2D eigenvalue weighted by Crippen LogP contribution is 2.24. The molecule has 1 rings (SSSR count). The van der Waals surface area contributed by atoms with Crippen LogP contribution in [0.4, 0.5) is 0 Å². The summed E-state index contributed by atoms with van der Waals surface area (Å²) in [7, 11) is 0. The predicted molar refractivity (Wildman–Crippen MR) is 46.4 cm³/mol. The van der Waals surface area contributed by atoms with E-state index in [1.165, 1.54) is 11.8 Å². The van der Waals surface area contributed by atoms with Crippen molar-refractivity contribution in [3.63, 3.8) is 0 Å². The third kappa shape index (κ3) is 2.30. The summed E-state index contributed by atoms with van der Waals surface area (Å²) in [6.45, 7) is 3.46. The van der Waals surface area contributed by atoms with Crippen LogP contribution in [-0.4, -0.2) is 16.3 Å². The van der Waals surface area contributed by atoms with E-state index in [0.29, 0.717) is 5.09 Å². The van der Waals surface area contributed by atoms with E-state index < -0.39 is 11.2 Å². The lowest BCUT2D eigenvalue weighted by molar-refractivity contribution is -0.136. The SMILES string of the molecule is Cc1ccc(SC(C)C(=O)O)o1. The fourth-order valence-corrected chi connectivity index (χ4v) is 1.48. The van der Waals surface area contributed by atoms with Crippen LogP contribution in [0.1, 0.15) is 12.7 Å². The number of thioether (sulfide) groups is 1. The fraction of sp³-hybridized carbons (Fsp3) is 0.375. The quantitative estimate of drug-likeness (QED) is 0.735. The van der Waals surface area contributed by atoms with Crippen LogP contribution in [-0.2, 0) is 4.79 Å². The molecule has 0 radical (unpaired) electrons. The van der Waals surface area contributed by atoms with Gasteiger partial charge in [-0.15, -0.1) is 0 Å². The number of carboxylic acid groups (broad SMARTS) is 1. The van der Waals surface area contributed by atoms with E-state index in [1.54, 1.807) is 13.0 Å². The number of rotatable bonds is 3. The fourth-order valence-electron chi connectivity index (χ4n) is 0.700. The third-order valence-corrected chi connectivity index (χ3v) is 2.36. The van der Waals surface area contributed by atoms with E-state index >= 15 is 0 Å². The topological polar surface area (TPSA) is 50.4 Å². The molecule has 1 atom stereocenters. The number of hydrogen-bond donors (Lipinski definition) is 1. The summed E-state index contributed by atoms with van der Waals surface area (Å²) >= 11 is 1.21. The lowest BCUT2D eigenvalue weighted by Gasteiger charge is -2.01. The molecule has 1 N–H and O–H groups in total. The van der Waals surface area contributed by atoms with Gasteiger partial charge in [0, 0.05) is 0 Å². The van der Waals surface area contributed by atoms with Crippen molar-refractivity contribution in [1.82, 2.24) is 0 Å². The molecule has 0 aliphatic heterocycles. The van der Waals surface area contributed by atoms with Gasteiger partial charge < -0.3 is 9.52 Å². The first-order valence-corrected chi connectivity index (χ1v) is 4.43. The second-order valence-electron chi connectivity index (χ2n) is 2.46. The van der Waals surface area contributed by atoms with Gasteiger partial charge in [-0.1, -0.05) is 11.8 Å². The Morgan fingerprint density at radius 1 is 1.67 bits per heavy atom. The molecule has 0 bridgehead atoms. The minimum absolute atomic E-state index is 0.462. The highest BCUT2D eigenvalue weighted by molar-refractivity contribution is 8.00. The molecule has 0 aromatic carbocycles. The van der Waals surface area contributed by atoms with Crippen molar-refractivity contribution in [2.75, 3.05) is 0 Å². The predicted octanol–water partition coefficient (Wildman–Crippen LogP) is 2.15.